The topological polar surface area (TPSA) is 112 Å². The lowest BCUT2D eigenvalue weighted by Crippen LogP contribution is -2.40. The maximum absolute atomic E-state index is 12.0. The summed E-state index contributed by atoms with van der Waals surface area (Å²) >= 11 is 0. The molecule has 2 aliphatic heterocycles. The molecule has 0 unspecified atom stereocenters. The highest BCUT2D eigenvalue weighted by atomic mass is 16.5. The Morgan fingerprint density at radius 1 is 1.16 bits per heavy atom. The first-order valence-corrected chi connectivity index (χ1v) is 10.9. The molecule has 0 radical (unpaired) electrons. The van der Waals surface area contributed by atoms with Crippen molar-refractivity contribution in [1.82, 2.24) is 15.2 Å². The molecule has 8 heteroatoms. The predicted octanol–water partition coefficient (Wildman–Crippen LogP) is 3.48. The number of rotatable bonds is 4. The van der Waals surface area contributed by atoms with E-state index in [9.17, 15) is 4.79 Å². The maximum Gasteiger partial charge on any atom is 0.240 e. The number of nitrogens with one attached hydrogen (secondary N) is 3. The van der Waals surface area contributed by atoms with Crippen molar-refractivity contribution in [3.63, 3.8) is 0 Å². The van der Waals surface area contributed by atoms with Crippen molar-refractivity contribution < 1.29 is 9.53 Å². The molecule has 162 valence electrons. The third-order valence-corrected chi connectivity index (χ3v) is 6.39. The van der Waals surface area contributed by atoms with Gasteiger partial charge in [-0.1, -0.05) is 24.3 Å². The fraction of sp³-hybridized carbons (Fsp3) is 0.250. The third-order valence-electron chi connectivity index (χ3n) is 6.39. The van der Waals surface area contributed by atoms with Gasteiger partial charge in [-0.05, 0) is 25.0 Å². The number of hydrogen-bond acceptors (Lipinski definition) is 5. The molecule has 1 atom stereocenters. The Kier molecular flexibility index (Phi) is 4.31. The van der Waals surface area contributed by atoms with E-state index in [1.807, 2.05) is 18.3 Å². The van der Waals surface area contributed by atoms with E-state index in [2.05, 4.69) is 55.7 Å². The van der Waals surface area contributed by atoms with E-state index in [-0.39, 0.29) is 11.9 Å². The van der Waals surface area contributed by atoms with Gasteiger partial charge in [-0.2, -0.15) is 5.10 Å². The largest absolute Gasteiger partial charge is 0.491 e. The summed E-state index contributed by atoms with van der Waals surface area (Å²) in [6.07, 6.45) is 3.56. The maximum atomic E-state index is 12.0. The van der Waals surface area contributed by atoms with Gasteiger partial charge in [0.1, 0.15) is 18.4 Å². The summed E-state index contributed by atoms with van der Waals surface area (Å²) in [5.41, 5.74) is 12.7. The van der Waals surface area contributed by atoms with Gasteiger partial charge in [0.25, 0.3) is 0 Å². The standard InChI is InChI=1S/C24H24N6O2/c25-24(31)19-2-1-10-30(19)16-12-18-21-20(13-16)32-11-9-26-23(21)22(28-18)15-5-3-14(4-6-15)17-7-8-27-29-17/h3-8,12-13,19,26,28H,1-2,9-11H2,(H2,25,31)(H,27,29)/t19-/m0/s1. The van der Waals surface area contributed by atoms with Crippen LogP contribution in [0.5, 0.6) is 5.75 Å². The van der Waals surface area contributed by atoms with Gasteiger partial charge in [0.2, 0.25) is 5.91 Å². The van der Waals surface area contributed by atoms with Crippen LogP contribution in [0.15, 0.2) is 48.7 Å². The van der Waals surface area contributed by atoms with Crippen LogP contribution >= 0.6 is 0 Å². The van der Waals surface area contributed by atoms with E-state index in [1.165, 1.54) is 0 Å². The number of aromatic nitrogens is 3. The van der Waals surface area contributed by atoms with Gasteiger partial charge in [-0.25, -0.2) is 0 Å². The van der Waals surface area contributed by atoms with Crippen LogP contribution in [-0.2, 0) is 4.79 Å². The SMILES string of the molecule is NC(=O)[C@@H]1CCCN1c1cc2c3c(c(-c4ccc(-c5cc[nH]n5)cc4)[nH]c3c1)NCCO2. The number of carbonyl (C=O) groups is 1. The van der Waals surface area contributed by atoms with Crippen molar-refractivity contribution in [3.8, 4) is 28.3 Å². The third kappa shape index (κ3) is 2.98. The van der Waals surface area contributed by atoms with Crippen molar-refractivity contribution in [2.75, 3.05) is 29.9 Å². The molecule has 1 amide bonds. The average molecular weight is 428 g/mol. The molecule has 1 saturated heterocycles. The van der Waals surface area contributed by atoms with Gasteiger partial charge in [0, 0.05) is 42.2 Å². The molecule has 5 N–H and O–H groups in total. The average Bonchev–Trinajstić information content (AvgIpc) is 3.53. The number of aromatic amines is 2. The lowest BCUT2D eigenvalue weighted by atomic mass is 10.1. The number of anilines is 2. The predicted molar refractivity (Wildman–Crippen MR) is 125 cm³/mol. The van der Waals surface area contributed by atoms with Crippen molar-refractivity contribution >= 4 is 28.2 Å². The quantitative estimate of drug-likeness (QED) is 0.398. The Labute approximate surface area is 184 Å². The van der Waals surface area contributed by atoms with E-state index in [4.69, 9.17) is 10.5 Å². The Hall–Kier alpha value is -3.94. The van der Waals surface area contributed by atoms with Gasteiger partial charge in [-0.3, -0.25) is 9.89 Å². The zero-order valence-electron chi connectivity index (χ0n) is 17.5. The molecule has 4 heterocycles. The summed E-state index contributed by atoms with van der Waals surface area (Å²) in [6.45, 7) is 2.10. The Balaban J connectivity index is 1.46. The van der Waals surface area contributed by atoms with Crippen LogP contribution < -0.4 is 20.7 Å². The van der Waals surface area contributed by atoms with Gasteiger partial charge in [0.05, 0.1) is 28.0 Å². The van der Waals surface area contributed by atoms with Gasteiger partial charge < -0.3 is 25.7 Å². The number of nitrogens with two attached hydrogens (primary N) is 1. The molecule has 8 nitrogen and oxygen atoms in total. The Morgan fingerprint density at radius 2 is 2.00 bits per heavy atom. The highest BCUT2D eigenvalue weighted by Crippen LogP contribution is 2.44. The first-order chi connectivity index (χ1) is 15.7. The lowest BCUT2D eigenvalue weighted by Gasteiger charge is -2.25. The van der Waals surface area contributed by atoms with Crippen molar-refractivity contribution in [3.05, 3.63) is 48.7 Å². The monoisotopic (exact) mass is 428 g/mol. The number of ether oxygens (including phenoxy) is 1. The minimum Gasteiger partial charge on any atom is -0.491 e. The number of benzene rings is 2. The molecular weight excluding hydrogens is 404 g/mol. The molecule has 0 spiro atoms. The molecule has 0 bridgehead atoms. The minimum atomic E-state index is -0.277. The zero-order valence-corrected chi connectivity index (χ0v) is 17.5. The van der Waals surface area contributed by atoms with E-state index in [0.29, 0.717) is 13.2 Å². The molecule has 2 aromatic heterocycles. The van der Waals surface area contributed by atoms with Crippen LogP contribution in [0.2, 0.25) is 0 Å². The van der Waals surface area contributed by atoms with Crippen LogP contribution in [0, 0.1) is 0 Å². The second-order valence-corrected chi connectivity index (χ2v) is 8.31. The minimum absolute atomic E-state index is 0.271. The van der Waals surface area contributed by atoms with Crippen molar-refractivity contribution in [2.45, 2.75) is 18.9 Å². The van der Waals surface area contributed by atoms with E-state index >= 15 is 0 Å². The van der Waals surface area contributed by atoms with Crippen LogP contribution in [-0.4, -0.2) is 46.8 Å². The second kappa shape index (κ2) is 7.33. The van der Waals surface area contributed by atoms with Crippen LogP contribution in [0.25, 0.3) is 33.4 Å². The first-order valence-electron chi connectivity index (χ1n) is 10.9. The molecule has 32 heavy (non-hydrogen) atoms. The van der Waals surface area contributed by atoms with Gasteiger partial charge in [-0.15, -0.1) is 0 Å². The van der Waals surface area contributed by atoms with Gasteiger partial charge >= 0.3 is 0 Å². The summed E-state index contributed by atoms with van der Waals surface area (Å²) in [5, 5.41) is 11.7. The fourth-order valence-corrected chi connectivity index (χ4v) is 4.89. The smallest absolute Gasteiger partial charge is 0.240 e. The summed E-state index contributed by atoms with van der Waals surface area (Å²) in [4.78, 5) is 17.6. The summed E-state index contributed by atoms with van der Waals surface area (Å²) < 4.78 is 6.10. The summed E-state index contributed by atoms with van der Waals surface area (Å²) in [6, 6.07) is 14.2. The second-order valence-electron chi connectivity index (χ2n) is 8.31. The van der Waals surface area contributed by atoms with Crippen LogP contribution in [0.1, 0.15) is 12.8 Å². The molecule has 6 rings (SSSR count). The molecule has 4 aromatic rings. The molecule has 1 fully saturated rings. The number of amides is 1. The summed E-state index contributed by atoms with van der Waals surface area (Å²) in [5.74, 6) is 0.546. The highest BCUT2D eigenvalue weighted by molar-refractivity contribution is 6.06. The molecule has 2 aliphatic rings. The molecule has 0 saturated carbocycles. The lowest BCUT2D eigenvalue weighted by molar-refractivity contribution is -0.119. The van der Waals surface area contributed by atoms with Crippen molar-refractivity contribution in [2.24, 2.45) is 5.73 Å². The van der Waals surface area contributed by atoms with E-state index in [0.717, 1.165) is 69.9 Å². The van der Waals surface area contributed by atoms with Crippen molar-refractivity contribution in [1.29, 1.82) is 0 Å². The van der Waals surface area contributed by atoms with E-state index < -0.39 is 0 Å². The van der Waals surface area contributed by atoms with Crippen LogP contribution in [0.4, 0.5) is 11.4 Å². The number of primary amides is 1. The Morgan fingerprint density at radius 3 is 2.78 bits per heavy atom. The number of nitrogens with zero attached hydrogens (tertiary/aromatic N) is 2. The number of carbonyl (C=O) groups excluding carboxylic acids is 1. The zero-order chi connectivity index (χ0) is 21.7. The number of H-pyrrole nitrogens is 2. The molecular formula is C24H24N6O2. The normalized spacial score (nSPS) is 17.8. The number of hydrogen-bond donors (Lipinski definition) is 4. The van der Waals surface area contributed by atoms with E-state index in [1.54, 1.807) is 0 Å². The molecule has 2 aromatic carbocycles. The summed E-state index contributed by atoms with van der Waals surface area (Å²) in [7, 11) is 0. The fourth-order valence-electron chi connectivity index (χ4n) is 4.89. The highest BCUT2D eigenvalue weighted by Gasteiger charge is 2.31. The molecule has 0 aliphatic carbocycles. The first kappa shape index (κ1) is 18.8. The van der Waals surface area contributed by atoms with Gasteiger partial charge in [0.15, 0.2) is 0 Å². The van der Waals surface area contributed by atoms with Crippen LogP contribution in [0.3, 0.4) is 0 Å². The Bertz CT molecular complexity index is 1290.